The van der Waals surface area contributed by atoms with Gasteiger partial charge >= 0.3 is 0 Å². The summed E-state index contributed by atoms with van der Waals surface area (Å²) in [5, 5.41) is 4.22. The van der Waals surface area contributed by atoms with Crippen LogP contribution in [0.15, 0.2) is 24.3 Å². The van der Waals surface area contributed by atoms with Crippen LogP contribution in [0.4, 0.5) is 0 Å². The molecule has 1 aliphatic rings. The molecule has 2 rings (SSSR count). The summed E-state index contributed by atoms with van der Waals surface area (Å²) in [6, 6.07) is 9.06. The Labute approximate surface area is 128 Å². The van der Waals surface area contributed by atoms with Gasteiger partial charge in [0, 0.05) is 38.8 Å². The number of rotatable bonds is 3. The van der Waals surface area contributed by atoms with Crippen LogP contribution < -0.4 is 5.32 Å². The van der Waals surface area contributed by atoms with Crippen molar-refractivity contribution in [2.45, 2.75) is 33.4 Å². The van der Waals surface area contributed by atoms with Crippen molar-refractivity contribution in [1.82, 2.24) is 15.1 Å². The molecule has 0 amide bonds. The summed E-state index contributed by atoms with van der Waals surface area (Å²) in [4.78, 5) is 4.79. The monoisotopic (exact) mass is 291 g/mol. The molecule has 0 aromatic heterocycles. The maximum atomic E-state index is 5.44. The Bertz CT molecular complexity index is 451. The summed E-state index contributed by atoms with van der Waals surface area (Å²) in [5.41, 5.74) is 2.82. The summed E-state index contributed by atoms with van der Waals surface area (Å²) >= 11 is 5.44. The molecule has 1 N–H and O–H groups in total. The van der Waals surface area contributed by atoms with Crippen molar-refractivity contribution in [3.05, 3.63) is 35.4 Å². The number of nitrogens with one attached hydrogen (secondary N) is 1. The van der Waals surface area contributed by atoms with E-state index in [9.17, 15) is 0 Å². The van der Waals surface area contributed by atoms with E-state index in [1.807, 2.05) is 0 Å². The Morgan fingerprint density at radius 1 is 1.20 bits per heavy atom. The highest BCUT2D eigenvalue weighted by atomic mass is 32.1. The molecule has 0 saturated carbocycles. The van der Waals surface area contributed by atoms with Crippen molar-refractivity contribution in [3.8, 4) is 0 Å². The van der Waals surface area contributed by atoms with Gasteiger partial charge in [0.25, 0.3) is 0 Å². The zero-order valence-corrected chi connectivity index (χ0v) is 13.5. The minimum Gasteiger partial charge on any atom is -0.360 e. The Morgan fingerprint density at radius 3 is 2.45 bits per heavy atom. The number of aryl methyl sites for hydroxylation is 1. The van der Waals surface area contributed by atoms with Crippen LogP contribution >= 0.6 is 12.2 Å². The molecule has 1 heterocycles. The molecule has 0 atom stereocenters. The van der Waals surface area contributed by atoms with Gasteiger partial charge in [0.2, 0.25) is 0 Å². The van der Waals surface area contributed by atoms with Gasteiger partial charge in [0.1, 0.15) is 0 Å². The number of hydrogen-bond donors (Lipinski definition) is 1. The molecule has 20 heavy (non-hydrogen) atoms. The highest BCUT2D eigenvalue weighted by Gasteiger charge is 2.19. The molecule has 1 fully saturated rings. The smallest absolute Gasteiger partial charge is 0.169 e. The molecule has 3 nitrogen and oxygen atoms in total. The molecular formula is C16H25N3S. The Kier molecular flexibility index (Phi) is 5.38. The molecule has 0 unspecified atom stereocenters. The number of piperazine rings is 1. The van der Waals surface area contributed by atoms with Crippen molar-refractivity contribution in [2.75, 3.05) is 26.2 Å². The number of benzene rings is 1. The first-order chi connectivity index (χ1) is 9.56. The van der Waals surface area contributed by atoms with Crippen LogP contribution in [0.2, 0.25) is 0 Å². The SMILES string of the molecule is Cc1ccccc1CN1CCN(C(=S)NC(C)C)CC1. The first kappa shape index (κ1) is 15.3. The number of thiocarbonyl (C=S) groups is 1. The topological polar surface area (TPSA) is 18.5 Å². The molecule has 0 aliphatic carbocycles. The third-order valence-electron chi connectivity index (χ3n) is 3.73. The average Bonchev–Trinajstić information content (AvgIpc) is 2.41. The Morgan fingerprint density at radius 2 is 1.85 bits per heavy atom. The van der Waals surface area contributed by atoms with Gasteiger partial charge in [-0.2, -0.15) is 0 Å². The summed E-state index contributed by atoms with van der Waals surface area (Å²) in [7, 11) is 0. The summed E-state index contributed by atoms with van der Waals surface area (Å²) in [5.74, 6) is 0. The van der Waals surface area contributed by atoms with Gasteiger partial charge in [0.15, 0.2) is 5.11 Å². The van der Waals surface area contributed by atoms with Gasteiger partial charge in [-0.15, -0.1) is 0 Å². The normalized spacial score (nSPS) is 16.5. The van der Waals surface area contributed by atoms with Crippen molar-refractivity contribution < 1.29 is 0 Å². The van der Waals surface area contributed by atoms with E-state index in [2.05, 4.69) is 60.2 Å². The molecule has 1 aromatic rings. The van der Waals surface area contributed by atoms with E-state index in [1.165, 1.54) is 11.1 Å². The molecule has 0 radical (unpaired) electrons. The van der Waals surface area contributed by atoms with Gasteiger partial charge in [-0.3, -0.25) is 4.90 Å². The van der Waals surface area contributed by atoms with Gasteiger partial charge in [-0.1, -0.05) is 24.3 Å². The van der Waals surface area contributed by atoms with Crippen molar-refractivity contribution >= 4 is 17.3 Å². The predicted molar refractivity (Wildman–Crippen MR) is 88.9 cm³/mol. The van der Waals surface area contributed by atoms with Crippen molar-refractivity contribution in [1.29, 1.82) is 0 Å². The van der Waals surface area contributed by atoms with E-state index < -0.39 is 0 Å². The number of hydrogen-bond acceptors (Lipinski definition) is 2. The summed E-state index contributed by atoms with van der Waals surface area (Å²) in [6.45, 7) is 11.7. The fourth-order valence-corrected chi connectivity index (χ4v) is 2.89. The molecular weight excluding hydrogens is 266 g/mol. The Balaban J connectivity index is 1.83. The lowest BCUT2D eigenvalue weighted by Gasteiger charge is -2.36. The standard InChI is InChI=1S/C16H25N3S/c1-13(2)17-16(20)19-10-8-18(9-11-19)12-15-7-5-4-6-14(15)3/h4-7,13H,8-12H2,1-3H3,(H,17,20). The van der Waals surface area contributed by atoms with Crippen LogP contribution in [-0.4, -0.2) is 47.1 Å². The fraction of sp³-hybridized carbons (Fsp3) is 0.562. The third kappa shape index (κ3) is 4.18. The lowest BCUT2D eigenvalue weighted by atomic mass is 10.1. The second kappa shape index (κ2) is 7.04. The van der Waals surface area contributed by atoms with E-state index >= 15 is 0 Å². The second-order valence-electron chi connectivity index (χ2n) is 5.79. The lowest BCUT2D eigenvalue weighted by molar-refractivity contribution is 0.174. The minimum absolute atomic E-state index is 0.410. The number of nitrogens with zero attached hydrogens (tertiary/aromatic N) is 2. The molecule has 110 valence electrons. The third-order valence-corrected chi connectivity index (χ3v) is 4.10. The van der Waals surface area contributed by atoms with E-state index in [-0.39, 0.29) is 0 Å². The van der Waals surface area contributed by atoms with Gasteiger partial charge in [-0.05, 0) is 44.1 Å². The van der Waals surface area contributed by atoms with E-state index in [0.29, 0.717) is 6.04 Å². The maximum absolute atomic E-state index is 5.44. The van der Waals surface area contributed by atoms with Crippen LogP contribution in [-0.2, 0) is 6.54 Å². The fourth-order valence-electron chi connectivity index (χ4n) is 2.48. The van der Waals surface area contributed by atoms with Crippen LogP contribution in [0.1, 0.15) is 25.0 Å². The van der Waals surface area contributed by atoms with E-state index in [4.69, 9.17) is 12.2 Å². The molecule has 1 saturated heterocycles. The first-order valence-electron chi connectivity index (χ1n) is 7.38. The largest absolute Gasteiger partial charge is 0.360 e. The minimum atomic E-state index is 0.410. The van der Waals surface area contributed by atoms with Gasteiger partial charge < -0.3 is 10.2 Å². The zero-order chi connectivity index (χ0) is 14.5. The van der Waals surface area contributed by atoms with Crippen LogP contribution in [0.5, 0.6) is 0 Å². The summed E-state index contributed by atoms with van der Waals surface area (Å²) in [6.07, 6.45) is 0. The quantitative estimate of drug-likeness (QED) is 0.862. The second-order valence-corrected chi connectivity index (χ2v) is 6.18. The predicted octanol–water partition coefficient (Wildman–Crippen LogP) is 2.40. The van der Waals surface area contributed by atoms with E-state index in [0.717, 1.165) is 37.8 Å². The molecule has 4 heteroatoms. The Hall–Kier alpha value is -1.13. The molecule has 0 bridgehead atoms. The van der Waals surface area contributed by atoms with E-state index in [1.54, 1.807) is 0 Å². The molecule has 0 spiro atoms. The van der Waals surface area contributed by atoms with Crippen LogP contribution in [0.25, 0.3) is 0 Å². The highest BCUT2D eigenvalue weighted by molar-refractivity contribution is 7.80. The van der Waals surface area contributed by atoms with Crippen molar-refractivity contribution in [3.63, 3.8) is 0 Å². The summed E-state index contributed by atoms with van der Waals surface area (Å²) < 4.78 is 0. The van der Waals surface area contributed by atoms with Gasteiger partial charge in [0.05, 0.1) is 0 Å². The average molecular weight is 291 g/mol. The highest BCUT2D eigenvalue weighted by Crippen LogP contribution is 2.12. The maximum Gasteiger partial charge on any atom is 0.169 e. The van der Waals surface area contributed by atoms with Gasteiger partial charge in [-0.25, -0.2) is 0 Å². The molecule has 1 aliphatic heterocycles. The first-order valence-corrected chi connectivity index (χ1v) is 7.79. The van der Waals surface area contributed by atoms with Crippen molar-refractivity contribution in [2.24, 2.45) is 0 Å². The molecule has 1 aromatic carbocycles. The van der Waals surface area contributed by atoms with Crippen LogP contribution in [0.3, 0.4) is 0 Å². The lowest BCUT2D eigenvalue weighted by Crippen LogP contribution is -2.52. The van der Waals surface area contributed by atoms with Crippen LogP contribution in [0, 0.1) is 6.92 Å². The zero-order valence-electron chi connectivity index (χ0n) is 12.7.